The van der Waals surface area contributed by atoms with Crippen LogP contribution in [0.5, 0.6) is 0 Å². The highest BCUT2D eigenvalue weighted by Gasteiger charge is 2.25. The summed E-state index contributed by atoms with van der Waals surface area (Å²) >= 11 is 0. The van der Waals surface area contributed by atoms with Gasteiger partial charge in [-0.25, -0.2) is 0 Å². The monoisotopic (exact) mass is 231 g/mol. The number of benzene rings is 1. The first-order valence-electron chi connectivity index (χ1n) is 5.56. The number of nitrogens with one attached hydrogen (secondary N) is 1. The van der Waals surface area contributed by atoms with E-state index in [0.717, 1.165) is 5.56 Å². The third-order valence-electron chi connectivity index (χ3n) is 2.76. The van der Waals surface area contributed by atoms with Crippen LogP contribution in [0, 0.1) is 11.3 Å². The summed E-state index contributed by atoms with van der Waals surface area (Å²) in [5.41, 5.74) is 6.45. The molecule has 1 rings (SSSR count). The van der Waals surface area contributed by atoms with Crippen LogP contribution in [0.2, 0.25) is 0 Å². The van der Waals surface area contributed by atoms with Crippen LogP contribution in [0.15, 0.2) is 24.3 Å². The number of amides is 1. The summed E-state index contributed by atoms with van der Waals surface area (Å²) in [4.78, 5) is 11.7. The number of rotatable bonds is 4. The number of carbonyl (C=O) groups excluding carboxylic acids is 1. The van der Waals surface area contributed by atoms with Gasteiger partial charge in [0.15, 0.2) is 0 Å². The molecule has 0 aliphatic rings. The maximum absolute atomic E-state index is 11.7. The van der Waals surface area contributed by atoms with Crippen LogP contribution in [-0.2, 0) is 11.3 Å². The molecule has 0 spiro atoms. The average molecular weight is 231 g/mol. The zero-order chi connectivity index (χ0) is 12.9. The van der Waals surface area contributed by atoms with Gasteiger partial charge in [0.25, 0.3) is 0 Å². The first-order chi connectivity index (χ1) is 7.99. The molecule has 90 valence electrons. The maximum atomic E-state index is 11.7. The third-order valence-corrected chi connectivity index (χ3v) is 2.76. The van der Waals surface area contributed by atoms with E-state index in [1.54, 1.807) is 25.1 Å². The van der Waals surface area contributed by atoms with Crippen LogP contribution in [0.25, 0.3) is 0 Å². The highest BCUT2D eigenvalue weighted by atomic mass is 16.2. The molecule has 0 radical (unpaired) electrons. The largest absolute Gasteiger partial charge is 0.350 e. The van der Waals surface area contributed by atoms with Gasteiger partial charge >= 0.3 is 0 Å². The molecule has 1 aromatic carbocycles. The molecule has 1 aromatic rings. The normalized spacial score (nSPS) is 13.5. The van der Waals surface area contributed by atoms with Gasteiger partial charge in [0, 0.05) is 6.54 Å². The number of carbonyl (C=O) groups is 1. The van der Waals surface area contributed by atoms with Crippen LogP contribution in [0.4, 0.5) is 0 Å². The van der Waals surface area contributed by atoms with E-state index in [2.05, 4.69) is 11.4 Å². The summed E-state index contributed by atoms with van der Waals surface area (Å²) in [7, 11) is 0. The minimum atomic E-state index is -0.840. The van der Waals surface area contributed by atoms with Crippen molar-refractivity contribution in [3.8, 4) is 6.07 Å². The van der Waals surface area contributed by atoms with Crippen molar-refractivity contribution in [3.63, 3.8) is 0 Å². The number of nitrogens with zero attached hydrogens (tertiary/aromatic N) is 1. The fourth-order valence-corrected chi connectivity index (χ4v) is 1.30. The Balaban J connectivity index is 2.62. The highest BCUT2D eigenvalue weighted by Crippen LogP contribution is 2.07. The van der Waals surface area contributed by atoms with Crippen molar-refractivity contribution in [1.29, 1.82) is 5.26 Å². The van der Waals surface area contributed by atoms with Gasteiger partial charge in [-0.05, 0) is 31.0 Å². The van der Waals surface area contributed by atoms with Crippen molar-refractivity contribution in [1.82, 2.24) is 5.32 Å². The van der Waals surface area contributed by atoms with Gasteiger partial charge in [-0.1, -0.05) is 19.1 Å². The molecule has 0 aromatic heterocycles. The summed E-state index contributed by atoms with van der Waals surface area (Å²) in [6.45, 7) is 3.96. The lowest BCUT2D eigenvalue weighted by Gasteiger charge is -2.21. The molecule has 3 N–H and O–H groups in total. The lowest BCUT2D eigenvalue weighted by Crippen LogP contribution is -2.50. The molecule has 0 aliphatic carbocycles. The highest BCUT2D eigenvalue weighted by molar-refractivity contribution is 5.85. The van der Waals surface area contributed by atoms with Crippen molar-refractivity contribution in [2.45, 2.75) is 32.4 Å². The van der Waals surface area contributed by atoms with Gasteiger partial charge in [0.05, 0.1) is 17.2 Å². The predicted octanol–water partition coefficient (Wildman–Crippen LogP) is 1.30. The molecule has 0 bridgehead atoms. The fraction of sp³-hybridized carbons (Fsp3) is 0.385. The van der Waals surface area contributed by atoms with Gasteiger partial charge in [-0.3, -0.25) is 4.79 Å². The Labute approximate surface area is 101 Å². The van der Waals surface area contributed by atoms with Crippen LogP contribution in [0.1, 0.15) is 31.4 Å². The summed E-state index contributed by atoms with van der Waals surface area (Å²) in [6, 6.07) is 9.19. The van der Waals surface area contributed by atoms with Crippen molar-refractivity contribution in [3.05, 3.63) is 35.4 Å². The molecular formula is C13H17N3O. The molecule has 0 aliphatic heterocycles. The lowest BCUT2D eigenvalue weighted by molar-refractivity contribution is -0.126. The molecule has 1 atom stereocenters. The average Bonchev–Trinajstić information content (AvgIpc) is 2.36. The fourth-order valence-electron chi connectivity index (χ4n) is 1.30. The lowest BCUT2D eigenvalue weighted by atomic mass is 9.99. The van der Waals surface area contributed by atoms with Gasteiger partial charge in [0.2, 0.25) is 5.91 Å². The van der Waals surface area contributed by atoms with E-state index in [1.807, 2.05) is 13.0 Å². The third kappa shape index (κ3) is 3.58. The second kappa shape index (κ2) is 5.46. The van der Waals surface area contributed by atoms with E-state index < -0.39 is 5.54 Å². The first-order valence-corrected chi connectivity index (χ1v) is 5.56. The molecular weight excluding hydrogens is 214 g/mol. The number of hydrogen-bond donors (Lipinski definition) is 2. The molecule has 1 amide bonds. The molecule has 4 nitrogen and oxygen atoms in total. The first kappa shape index (κ1) is 13.2. The maximum Gasteiger partial charge on any atom is 0.240 e. The predicted molar refractivity (Wildman–Crippen MR) is 65.9 cm³/mol. The summed E-state index contributed by atoms with van der Waals surface area (Å²) in [6.07, 6.45) is 0.580. The smallest absolute Gasteiger partial charge is 0.240 e. The zero-order valence-corrected chi connectivity index (χ0v) is 10.2. The second-order valence-corrected chi connectivity index (χ2v) is 4.27. The summed E-state index contributed by atoms with van der Waals surface area (Å²) in [5, 5.41) is 11.5. The van der Waals surface area contributed by atoms with Crippen molar-refractivity contribution in [2.75, 3.05) is 0 Å². The van der Waals surface area contributed by atoms with E-state index in [9.17, 15) is 4.79 Å². The van der Waals surface area contributed by atoms with E-state index >= 15 is 0 Å². The molecule has 0 fully saturated rings. The Morgan fingerprint density at radius 3 is 2.88 bits per heavy atom. The quantitative estimate of drug-likeness (QED) is 0.819. The second-order valence-electron chi connectivity index (χ2n) is 4.27. The number of nitrogens with two attached hydrogens (primary N) is 1. The van der Waals surface area contributed by atoms with E-state index in [0.29, 0.717) is 18.5 Å². The Hall–Kier alpha value is -1.86. The molecule has 0 heterocycles. The Morgan fingerprint density at radius 1 is 1.59 bits per heavy atom. The minimum Gasteiger partial charge on any atom is -0.350 e. The minimum absolute atomic E-state index is 0.178. The number of hydrogen-bond acceptors (Lipinski definition) is 3. The van der Waals surface area contributed by atoms with Crippen molar-refractivity contribution in [2.24, 2.45) is 5.73 Å². The molecule has 17 heavy (non-hydrogen) atoms. The van der Waals surface area contributed by atoms with Crippen molar-refractivity contribution >= 4 is 5.91 Å². The summed E-state index contributed by atoms with van der Waals surface area (Å²) < 4.78 is 0. The van der Waals surface area contributed by atoms with E-state index in [4.69, 9.17) is 11.0 Å². The van der Waals surface area contributed by atoms with Crippen LogP contribution >= 0.6 is 0 Å². The summed E-state index contributed by atoms with van der Waals surface area (Å²) in [5.74, 6) is -0.178. The van der Waals surface area contributed by atoms with Crippen molar-refractivity contribution < 1.29 is 4.79 Å². The number of nitriles is 1. The van der Waals surface area contributed by atoms with E-state index in [1.165, 1.54) is 0 Å². The van der Waals surface area contributed by atoms with Gasteiger partial charge in [-0.2, -0.15) is 5.26 Å². The Bertz CT molecular complexity index is 446. The van der Waals surface area contributed by atoms with Crippen LogP contribution in [-0.4, -0.2) is 11.4 Å². The van der Waals surface area contributed by atoms with Crippen LogP contribution < -0.4 is 11.1 Å². The van der Waals surface area contributed by atoms with E-state index in [-0.39, 0.29) is 5.91 Å². The Morgan fingerprint density at radius 2 is 2.29 bits per heavy atom. The molecule has 0 saturated carbocycles. The Kier molecular flexibility index (Phi) is 4.24. The van der Waals surface area contributed by atoms with Gasteiger partial charge in [-0.15, -0.1) is 0 Å². The molecule has 0 saturated heterocycles. The SMILES string of the molecule is CCC(C)(N)C(=O)NCc1cccc(C#N)c1. The zero-order valence-electron chi connectivity index (χ0n) is 10.2. The topological polar surface area (TPSA) is 78.9 Å². The standard InChI is InChI=1S/C13H17N3O/c1-3-13(2,15)12(17)16-9-11-6-4-5-10(7-11)8-14/h4-7H,3,9,15H2,1-2H3,(H,16,17). The van der Waals surface area contributed by atoms with Gasteiger partial charge < -0.3 is 11.1 Å². The van der Waals surface area contributed by atoms with Gasteiger partial charge in [0.1, 0.15) is 0 Å². The van der Waals surface area contributed by atoms with Crippen LogP contribution in [0.3, 0.4) is 0 Å². The molecule has 4 heteroatoms. The molecule has 1 unspecified atom stereocenters.